The Bertz CT molecular complexity index is 792. The molecule has 1 amide bonds. The molecule has 5 nitrogen and oxygen atoms in total. The van der Waals surface area contributed by atoms with Crippen LogP contribution in [0.3, 0.4) is 0 Å². The van der Waals surface area contributed by atoms with Crippen molar-refractivity contribution in [2.75, 3.05) is 6.61 Å². The summed E-state index contributed by atoms with van der Waals surface area (Å²) < 4.78 is 5.51. The molecule has 0 radical (unpaired) electrons. The lowest BCUT2D eigenvalue weighted by molar-refractivity contribution is -0.118. The number of hydrogen-bond donors (Lipinski definition) is 2. The van der Waals surface area contributed by atoms with Crippen molar-refractivity contribution in [2.45, 2.75) is 13.3 Å². The zero-order valence-corrected chi connectivity index (χ0v) is 11.1. The number of primary amides is 1. The standard InChI is InChI=1S/C15H15N3O2/c1-9-15-12(4-6-17-9)11-3-2-10(8-13(11)18-15)20-7-5-14(16)19/h2-4,6,8,18H,5,7H2,1H3,(H2,16,19). The summed E-state index contributed by atoms with van der Waals surface area (Å²) in [5.74, 6) is 0.356. The molecule has 0 fully saturated rings. The van der Waals surface area contributed by atoms with Crippen molar-refractivity contribution in [1.82, 2.24) is 9.97 Å². The lowest BCUT2D eigenvalue weighted by Gasteiger charge is -2.04. The number of amides is 1. The van der Waals surface area contributed by atoms with Crippen LogP contribution in [0.4, 0.5) is 0 Å². The second-order valence-electron chi connectivity index (χ2n) is 4.72. The van der Waals surface area contributed by atoms with Gasteiger partial charge in [0, 0.05) is 23.0 Å². The van der Waals surface area contributed by atoms with Gasteiger partial charge in [-0.3, -0.25) is 9.78 Å². The number of benzene rings is 1. The van der Waals surface area contributed by atoms with Gasteiger partial charge in [-0.05, 0) is 25.1 Å². The molecule has 2 aromatic heterocycles. The number of hydrogen-bond acceptors (Lipinski definition) is 3. The third-order valence-corrected chi connectivity index (χ3v) is 3.30. The minimum Gasteiger partial charge on any atom is -0.493 e. The molecule has 102 valence electrons. The van der Waals surface area contributed by atoms with E-state index in [0.29, 0.717) is 6.61 Å². The van der Waals surface area contributed by atoms with Gasteiger partial charge in [0.1, 0.15) is 5.75 Å². The molecule has 0 spiro atoms. The number of nitrogens with zero attached hydrogens (tertiary/aromatic N) is 1. The highest BCUT2D eigenvalue weighted by molar-refractivity contribution is 6.08. The van der Waals surface area contributed by atoms with Gasteiger partial charge >= 0.3 is 0 Å². The zero-order chi connectivity index (χ0) is 14.1. The lowest BCUT2D eigenvalue weighted by atomic mass is 10.1. The Labute approximate surface area is 115 Å². The number of nitrogens with one attached hydrogen (secondary N) is 1. The summed E-state index contributed by atoms with van der Waals surface area (Å²) in [6.45, 7) is 2.27. The molecule has 0 aliphatic heterocycles. The van der Waals surface area contributed by atoms with Crippen LogP contribution in [-0.4, -0.2) is 22.5 Å². The fourth-order valence-electron chi connectivity index (χ4n) is 2.30. The number of ether oxygens (including phenoxy) is 1. The molecule has 0 aliphatic rings. The van der Waals surface area contributed by atoms with Crippen LogP contribution in [0, 0.1) is 6.92 Å². The number of H-pyrrole nitrogens is 1. The van der Waals surface area contributed by atoms with Gasteiger partial charge in [-0.15, -0.1) is 0 Å². The minimum absolute atomic E-state index is 0.216. The van der Waals surface area contributed by atoms with E-state index >= 15 is 0 Å². The molecule has 0 aliphatic carbocycles. The molecule has 3 N–H and O–H groups in total. The Morgan fingerprint density at radius 2 is 2.20 bits per heavy atom. The topological polar surface area (TPSA) is 81.0 Å². The van der Waals surface area contributed by atoms with E-state index in [1.807, 2.05) is 37.4 Å². The zero-order valence-electron chi connectivity index (χ0n) is 11.1. The van der Waals surface area contributed by atoms with Gasteiger partial charge in [0.05, 0.1) is 29.8 Å². The second kappa shape index (κ2) is 4.85. The van der Waals surface area contributed by atoms with Gasteiger partial charge < -0.3 is 15.5 Å². The van der Waals surface area contributed by atoms with E-state index in [1.165, 1.54) is 0 Å². The first-order valence-corrected chi connectivity index (χ1v) is 6.43. The largest absolute Gasteiger partial charge is 0.493 e. The number of carbonyl (C=O) groups excluding carboxylic acids is 1. The van der Waals surface area contributed by atoms with Crippen LogP contribution in [0.2, 0.25) is 0 Å². The van der Waals surface area contributed by atoms with Gasteiger partial charge in [0.15, 0.2) is 0 Å². The van der Waals surface area contributed by atoms with Crippen LogP contribution in [0.25, 0.3) is 21.8 Å². The van der Waals surface area contributed by atoms with Gasteiger partial charge in [0.25, 0.3) is 0 Å². The van der Waals surface area contributed by atoms with Crippen LogP contribution in [0.15, 0.2) is 30.5 Å². The van der Waals surface area contributed by atoms with Crippen molar-refractivity contribution in [3.05, 3.63) is 36.2 Å². The molecule has 20 heavy (non-hydrogen) atoms. The van der Waals surface area contributed by atoms with Gasteiger partial charge in [-0.1, -0.05) is 0 Å². The average molecular weight is 269 g/mol. The number of fused-ring (bicyclic) bond motifs is 3. The molecule has 0 bridgehead atoms. The smallest absolute Gasteiger partial charge is 0.220 e. The summed E-state index contributed by atoms with van der Waals surface area (Å²) >= 11 is 0. The lowest BCUT2D eigenvalue weighted by Crippen LogP contribution is -2.14. The van der Waals surface area contributed by atoms with Gasteiger partial charge in [-0.25, -0.2) is 0 Å². The number of aryl methyl sites for hydroxylation is 1. The molecule has 2 heterocycles. The van der Waals surface area contributed by atoms with E-state index in [9.17, 15) is 4.79 Å². The van der Waals surface area contributed by atoms with Crippen LogP contribution in [-0.2, 0) is 4.79 Å². The SMILES string of the molecule is Cc1nccc2c1[nH]c1cc(OCCC(N)=O)ccc12. The molecule has 3 rings (SSSR count). The summed E-state index contributed by atoms with van der Waals surface area (Å²) in [4.78, 5) is 18.3. The molecule has 0 unspecified atom stereocenters. The van der Waals surface area contributed by atoms with Crippen molar-refractivity contribution in [3.8, 4) is 5.75 Å². The van der Waals surface area contributed by atoms with E-state index in [4.69, 9.17) is 10.5 Å². The third kappa shape index (κ3) is 2.18. The van der Waals surface area contributed by atoms with E-state index in [1.54, 1.807) is 0 Å². The highest BCUT2D eigenvalue weighted by Crippen LogP contribution is 2.29. The molecule has 0 saturated carbocycles. The summed E-state index contributed by atoms with van der Waals surface area (Å²) in [6, 6.07) is 7.82. The molecule has 5 heteroatoms. The molecular weight excluding hydrogens is 254 g/mol. The maximum Gasteiger partial charge on any atom is 0.220 e. The minimum atomic E-state index is -0.363. The molecular formula is C15H15N3O2. The maximum absolute atomic E-state index is 10.7. The summed E-state index contributed by atoms with van der Waals surface area (Å²) in [7, 11) is 0. The Morgan fingerprint density at radius 3 is 3.00 bits per heavy atom. The van der Waals surface area contributed by atoms with Crippen LogP contribution < -0.4 is 10.5 Å². The van der Waals surface area contributed by atoms with E-state index in [-0.39, 0.29) is 12.3 Å². The Kier molecular flexibility index (Phi) is 3.02. The van der Waals surface area contributed by atoms with Gasteiger partial charge in [0.2, 0.25) is 5.91 Å². The number of aromatic amines is 1. The summed E-state index contributed by atoms with van der Waals surface area (Å²) in [5.41, 5.74) is 8.08. The van der Waals surface area contributed by atoms with Crippen molar-refractivity contribution in [3.63, 3.8) is 0 Å². The quantitative estimate of drug-likeness (QED) is 0.762. The molecule has 0 saturated heterocycles. The first-order chi connectivity index (χ1) is 9.65. The van der Waals surface area contributed by atoms with E-state index in [2.05, 4.69) is 9.97 Å². The normalized spacial score (nSPS) is 11.1. The number of carbonyl (C=O) groups is 1. The average Bonchev–Trinajstić information content (AvgIpc) is 2.78. The Hall–Kier alpha value is -2.56. The predicted molar refractivity (Wildman–Crippen MR) is 77.6 cm³/mol. The molecule has 3 aromatic rings. The van der Waals surface area contributed by atoms with Crippen molar-refractivity contribution in [1.29, 1.82) is 0 Å². The fraction of sp³-hybridized carbons (Fsp3) is 0.200. The van der Waals surface area contributed by atoms with Crippen LogP contribution in [0.1, 0.15) is 12.1 Å². The summed E-state index contributed by atoms with van der Waals surface area (Å²) in [6.07, 6.45) is 2.02. The number of aromatic nitrogens is 2. The van der Waals surface area contributed by atoms with Gasteiger partial charge in [-0.2, -0.15) is 0 Å². The monoisotopic (exact) mass is 269 g/mol. The Morgan fingerprint density at radius 1 is 1.35 bits per heavy atom. The number of pyridine rings is 1. The fourth-order valence-corrected chi connectivity index (χ4v) is 2.30. The van der Waals surface area contributed by atoms with E-state index in [0.717, 1.165) is 33.2 Å². The molecule has 0 atom stereocenters. The third-order valence-electron chi connectivity index (χ3n) is 3.30. The maximum atomic E-state index is 10.7. The summed E-state index contributed by atoms with van der Waals surface area (Å²) in [5, 5.41) is 2.28. The predicted octanol–water partition coefficient (Wildman–Crippen LogP) is 2.28. The van der Waals surface area contributed by atoms with Crippen LogP contribution >= 0.6 is 0 Å². The highest BCUT2D eigenvalue weighted by Gasteiger charge is 2.07. The highest BCUT2D eigenvalue weighted by atomic mass is 16.5. The number of rotatable bonds is 4. The van der Waals surface area contributed by atoms with Crippen molar-refractivity contribution >= 4 is 27.7 Å². The first kappa shape index (κ1) is 12.5. The van der Waals surface area contributed by atoms with Crippen LogP contribution in [0.5, 0.6) is 5.75 Å². The van der Waals surface area contributed by atoms with Crippen molar-refractivity contribution < 1.29 is 9.53 Å². The van der Waals surface area contributed by atoms with E-state index < -0.39 is 0 Å². The number of nitrogens with two attached hydrogens (primary N) is 1. The van der Waals surface area contributed by atoms with Crippen molar-refractivity contribution in [2.24, 2.45) is 5.73 Å². The Balaban J connectivity index is 1.97. The molecule has 1 aromatic carbocycles. The second-order valence-corrected chi connectivity index (χ2v) is 4.72. The first-order valence-electron chi connectivity index (χ1n) is 6.43.